The van der Waals surface area contributed by atoms with Gasteiger partial charge in [0.25, 0.3) is 5.91 Å². The summed E-state index contributed by atoms with van der Waals surface area (Å²) in [5.41, 5.74) is 1.86. The van der Waals surface area contributed by atoms with Gasteiger partial charge in [0.05, 0.1) is 23.6 Å². The average Bonchev–Trinajstić information content (AvgIpc) is 3.14. The van der Waals surface area contributed by atoms with E-state index in [0.29, 0.717) is 16.9 Å². The van der Waals surface area contributed by atoms with Gasteiger partial charge < -0.3 is 19.9 Å². The van der Waals surface area contributed by atoms with E-state index in [4.69, 9.17) is 11.2 Å². The first kappa shape index (κ1) is 21.2. The van der Waals surface area contributed by atoms with Crippen LogP contribution in [-0.2, 0) is 7.05 Å². The van der Waals surface area contributed by atoms with Crippen LogP contribution in [0.3, 0.4) is 0 Å². The molecule has 3 aromatic rings. The van der Waals surface area contributed by atoms with Gasteiger partial charge in [-0.2, -0.15) is 5.10 Å². The number of ether oxygens (including phenoxy) is 1. The maximum absolute atomic E-state index is 12.9. The third-order valence-electron chi connectivity index (χ3n) is 6.38. The lowest BCUT2D eigenvalue weighted by atomic mass is 9.73. The van der Waals surface area contributed by atoms with Crippen molar-refractivity contribution in [1.82, 2.24) is 24.6 Å². The fourth-order valence-electron chi connectivity index (χ4n) is 4.94. The third kappa shape index (κ3) is 4.22. The molecule has 5 rings (SSSR count). The first-order valence-corrected chi connectivity index (χ1v) is 11.1. The predicted molar refractivity (Wildman–Crippen MR) is 126 cm³/mol. The Morgan fingerprint density at radius 1 is 1.24 bits per heavy atom. The molecule has 2 fully saturated rings. The number of aryl methyl sites for hydroxylation is 1. The van der Waals surface area contributed by atoms with Gasteiger partial charge in [0.2, 0.25) is 0 Å². The number of hydrogen-bond donors (Lipinski definition) is 1. The number of nitrogens with zero attached hydrogens (tertiary/aromatic N) is 6. The van der Waals surface area contributed by atoms with Gasteiger partial charge in [-0.3, -0.25) is 9.48 Å². The largest absolute Gasteiger partial charge is 0.479 e. The second-order valence-electron chi connectivity index (χ2n) is 9.11. The summed E-state index contributed by atoms with van der Waals surface area (Å²) in [7, 11) is 4.02. The number of aromatic nitrogens is 4. The lowest BCUT2D eigenvalue weighted by Crippen LogP contribution is -2.62. The Morgan fingerprint density at radius 3 is 2.82 bits per heavy atom. The maximum Gasteiger partial charge on any atom is 0.275 e. The van der Waals surface area contributed by atoms with E-state index in [-0.39, 0.29) is 18.2 Å². The molecule has 2 saturated heterocycles. The molecule has 0 radical (unpaired) electrons. The number of amides is 1. The zero-order valence-electron chi connectivity index (χ0n) is 18.9. The summed E-state index contributed by atoms with van der Waals surface area (Å²) in [6.45, 7) is 4.36. The number of fused-ring (bicyclic) bond motifs is 1. The van der Waals surface area contributed by atoms with E-state index in [0.717, 1.165) is 36.4 Å². The van der Waals surface area contributed by atoms with Crippen molar-refractivity contribution in [1.29, 1.82) is 0 Å². The molecule has 1 aromatic carbocycles. The summed E-state index contributed by atoms with van der Waals surface area (Å²) in [5.74, 6) is 3.34. The summed E-state index contributed by atoms with van der Waals surface area (Å²) >= 11 is 0. The van der Waals surface area contributed by atoms with Crippen molar-refractivity contribution in [2.45, 2.75) is 12.8 Å². The van der Waals surface area contributed by atoms with Crippen molar-refractivity contribution >= 4 is 28.3 Å². The van der Waals surface area contributed by atoms with E-state index in [1.807, 2.05) is 19.3 Å². The van der Waals surface area contributed by atoms with E-state index in [2.05, 4.69) is 43.2 Å². The molecule has 170 valence electrons. The van der Waals surface area contributed by atoms with Gasteiger partial charge in [-0.1, -0.05) is 5.92 Å². The number of likely N-dealkylation sites (tertiary alicyclic amines) is 1. The van der Waals surface area contributed by atoms with Crippen LogP contribution in [0.15, 0.2) is 30.7 Å². The van der Waals surface area contributed by atoms with Crippen molar-refractivity contribution in [3.63, 3.8) is 0 Å². The summed E-state index contributed by atoms with van der Waals surface area (Å²) in [6.07, 6.45) is 12.9. The minimum Gasteiger partial charge on any atom is -0.479 e. The average molecular weight is 446 g/mol. The van der Waals surface area contributed by atoms with Crippen LogP contribution >= 0.6 is 0 Å². The number of nitrogens with one attached hydrogen (secondary N) is 1. The van der Waals surface area contributed by atoms with E-state index in [1.54, 1.807) is 16.9 Å². The molecule has 33 heavy (non-hydrogen) atoms. The zero-order valence-corrected chi connectivity index (χ0v) is 18.9. The second-order valence-corrected chi connectivity index (χ2v) is 9.11. The smallest absolute Gasteiger partial charge is 0.275 e. The highest BCUT2D eigenvalue weighted by molar-refractivity contribution is 6.04. The minimum absolute atomic E-state index is 0.0861. The second kappa shape index (κ2) is 8.37. The van der Waals surface area contributed by atoms with Crippen LogP contribution in [0.4, 0.5) is 11.5 Å². The van der Waals surface area contributed by atoms with Crippen LogP contribution in [0.25, 0.3) is 10.9 Å². The highest BCUT2D eigenvalue weighted by Crippen LogP contribution is 2.40. The number of carbonyl (C=O) groups excluding carboxylic acids is 1. The third-order valence-corrected chi connectivity index (χ3v) is 6.38. The van der Waals surface area contributed by atoms with E-state index in [9.17, 15) is 4.79 Å². The number of hydrogen-bond acceptors (Lipinski definition) is 7. The van der Waals surface area contributed by atoms with Gasteiger partial charge >= 0.3 is 0 Å². The predicted octanol–water partition coefficient (Wildman–Crippen LogP) is 2.16. The molecular formula is C24H27N7O2. The van der Waals surface area contributed by atoms with Gasteiger partial charge in [0.15, 0.2) is 0 Å². The molecular weight excluding hydrogens is 418 g/mol. The standard InChI is InChI=1S/C24H27N7O2/c1-4-8-33-21-10-18-17(13-30(3)28-18)9-19(21)27-23(32)20-11-26-22(12-25-20)31-15-24(16-31)6-5-7-29(2)14-24/h1,9-13H,5-8,14-16H2,2-3H3,(H,27,32). The minimum atomic E-state index is -0.364. The van der Waals surface area contributed by atoms with Crippen LogP contribution in [0.5, 0.6) is 5.75 Å². The molecule has 0 saturated carbocycles. The molecule has 0 unspecified atom stereocenters. The van der Waals surface area contributed by atoms with Crippen LogP contribution < -0.4 is 15.0 Å². The molecule has 0 aliphatic carbocycles. The molecule has 2 aliphatic heterocycles. The highest BCUT2D eigenvalue weighted by Gasteiger charge is 2.45. The van der Waals surface area contributed by atoms with E-state index < -0.39 is 0 Å². The normalized spacial score (nSPS) is 17.5. The molecule has 2 aliphatic rings. The highest BCUT2D eigenvalue weighted by atomic mass is 16.5. The summed E-state index contributed by atoms with van der Waals surface area (Å²) in [4.78, 5) is 26.4. The molecule has 9 nitrogen and oxygen atoms in total. The first-order chi connectivity index (χ1) is 15.9. The summed E-state index contributed by atoms with van der Waals surface area (Å²) in [5, 5.41) is 8.13. The fraction of sp³-hybridized carbons (Fsp3) is 0.417. The Bertz CT molecular complexity index is 1220. The molecule has 1 N–H and O–H groups in total. The van der Waals surface area contributed by atoms with Gasteiger partial charge in [-0.15, -0.1) is 6.42 Å². The van der Waals surface area contributed by atoms with Gasteiger partial charge in [-0.05, 0) is 32.5 Å². The molecule has 0 atom stereocenters. The van der Waals surface area contributed by atoms with Gasteiger partial charge in [0.1, 0.15) is 23.9 Å². The molecule has 9 heteroatoms. The fourth-order valence-corrected chi connectivity index (χ4v) is 4.94. The van der Waals surface area contributed by atoms with E-state index >= 15 is 0 Å². The van der Waals surface area contributed by atoms with Crippen LogP contribution in [-0.4, -0.2) is 70.4 Å². The lowest BCUT2D eigenvalue weighted by molar-refractivity contribution is 0.0777. The van der Waals surface area contributed by atoms with Crippen molar-refractivity contribution in [3.05, 3.63) is 36.4 Å². The Balaban J connectivity index is 1.28. The molecule has 1 spiro atoms. The number of piperidine rings is 1. The maximum atomic E-state index is 12.9. The molecule has 1 amide bonds. The molecule has 2 aromatic heterocycles. The van der Waals surface area contributed by atoms with Crippen molar-refractivity contribution in [2.75, 3.05) is 50.1 Å². The van der Waals surface area contributed by atoms with Crippen LogP contribution in [0.1, 0.15) is 23.3 Å². The SMILES string of the molecule is C#CCOc1cc2nn(C)cc2cc1NC(=O)c1cnc(N2CC3(CCCN(C)C3)C2)cn1. The van der Waals surface area contributed by atoms with Crippen LogP contribution in [0.2, 0.25) is 0 Å². The quantitative estimate of drug-likeness (QED) is 0.602. The number of rotatable bonds is 5. The number of benzene rings is 1. The van der Waals surface area contributed by atoms with Crippen molar-refractivity contribution < 1.29 is 9.53 Å². The summed E-state index contributed by atoms with van der Waals surface area (Å²) < 4.78 is 7.33. The van der Waals surface area contributed by atoms with E-state index in [1.165, 1.54) is 25.6 Å². The number of terminal acetylenes is 1. The molecule has 0 bridgehead atoms. The number of carbonyl (C=O) groups is 1. The zero-order chi connectivity index (χ0) is 23.0. The van der Waals surface area contributed by atoms with Crippen molar-refractivity contribution in [3.8, 4) is 18.1 Å². The Labute approximate surface area is 192 Å². The van der Waals surface area contributed by atoms with Gasteiger partial charge in [-0.25, -0.2) is 9.97 Å². The first-order valence-electron chi connectivity index (χ1n) is 11.1. The Morgan fingerprint density at radius 2 is 2.09 bits per heavy atom. The monoisotopic (exact) mass is 445 g/mol. The number of anilines is 2. The van der Waals surface area contributed by atoms with Gasteiger partial charge in [0, 0.05) is 49.7 Å². The Kier molecular flexibility index (Phi) is 5.38. The lowest BCUT2D eigenvalue weighted by Gasteiger charge is -2.54. The molecule has 4 heterocycles. The van der Waals surface area contributed by atoms with Crippen molar-refractivity contribution in [2.24, 2.45) is 12.5 Å². The van der Waals surface area contributed by atoms with Crippen LogP contribution in [0, 0.1) is 17.8 Å². The summed E-state index contributed by atoms with van der Waals surface area (Å²) in [6, 6.07) is 3.58. The topological polar surface area (TPSA) is 88.4 Å². The Hall–Kier alpha value is -3.64.